The van der Waals surface area contributed by atoms with Gasteiger partial charge in [0.05, 0.1) is 0 Å². The average Bonchev–Trinajstić information content (AvgIpc) is 2.62. The molecule has 0 fully saturated rings. The first-order chi connectivity index (χ1) is 13.1. The molecule has 0 bridgehead atoms. The first-order valence-electron chi connectivity index (χ1n) is 6.34. The van der Waals surface area contributed by atoms with Crippen molar-refractivity contribution in [2.24, 2.45) is 22.9 Å². The van der Waals surface area contributed by atoms with Crippen LogP contribution in [0.15, 0.2) is 0 Å². The summed E-state index contributed by atoms with van der Waals surface area (Å²) >= 11 is 5.81. The van der Waals surface area contributed by atoms with Gasteiger partial charge in [0.25, 0.3) is 0 Å². The zero-order valence-corrected chi connectivity index (χ0v) is 15.3. The molecule has 0 aromatic carbocycles. The van der Waals surface area contributed by atoms with Crippen molar-refractivity contribution in [1.29, 1.82) is 0 Å². The molecule has 162 valence electrons. The van der Waals surface area contributed by atoms with E-state index in [1.165, 1.54) is 21.5 Å². The van der Waals surface area contributed by atoms with Crippen molar-refractivity contribution in [3.63, 3.8) is 0 Å². The van der Waals surface area contributed by atoms with Gasteiger partial charge in [0.15, 0.2) is 0 Å². The molecule has 0 saturated carbocycles. The molecule has 0 aromatic heterocycles. The van der Waals surface area contributed by atoms with Gasteiger partial charge < -0.3 is 0 Å². The first kappa shape index (κ1) is 25.4. The standard InChI is InChI=1S/C8H12ClN8O11P/c9-29(17-8(25)4(13)21,26-14-5(22)1(10)18,27-15-6(23)2(11)19)28-16-7(24)3(12)20/h(H2,10,18)(H2,11,19)(H2,12,20)(H2,13,21)(H,14,22)(H,15,23)(H,16,24)(H,17,25). The summed E-state index contributed by atoms with van der Waals surface area (Å²) in [6, 6.07) is 0. The molecular weight excluding hydrogens is 451 g/mol. The number of hydrogen-bond donors (Lipinski definition) is 8. The van der Waals surface area contributed by atoms with E-state index < -0.39 is 54.0 Å². The van der Waals surface area contributed by atoms with E-state index in [4.69, 9.17) is 11.2 Å². The molecule has 0 radical (unpaired) electrons. The van der Waals surface area contributed by atoms with Gasteiger partial charge in [0.2, 0.25) is 0 Å². The summed E-state index contributed by atoms with van der Waals surface area (Å²) in [7, 11) is 0. The molecule has 8 amide bonds. The Bertz CT molecular complexity index is 725. The van der Waals surface area contributed by atoms with Gasteiger partial charge in [-0.05, 0) is 0 Å². The summed E-state index contributed by atoms with van der Waals surface area (Å²) < 4.78 is 13.2. The summed E-state index contributed by atoms with van der Waals surface area (Å²) in [6.45, 7) is -6.30. The van der Waals surface area contributed by atoms with E-state index in [2.05, 4.69) is 36.8 Å². The SMILES string of the molecule is NC(=O)C(=O)NOP(Cl)(NC(=O)C(N)=O)(ONC(=O)C(N)=O)ONC(=O)C(N)=O. The van der Waals surface area contributed by atoms with Crippen LogP contribution in [0.1, 0.15) is 0 Å². The van der Waals surface area contributed by atoms with Crippen LogP contribution in [0.4, 0.5) is 0 Å². The average molecular weight is 463 g/mol. The minimum absolute atomic E-state index is 1.17. The minimum atomic E-state index is -6.30. The molecule has 0 aliphatic heterocycles. The monoisotopic (exact) mass is 462 g/mol. The Morgan fingerprint density at radius 1 is 0.552 bits per heavy atom. The maximum absolute atomic E-state index is 11.6. The summed E-state index contributed by atoms with van der Waals surface area (Å²) in [5.74, 6) is -14.1. The van der Waals surface area contributed by atoms with Gasteiger partial charge >= 0.3 is 162 Å². The number of nitrogens with one attached hydrogen (secondary N) is 4. The number of rotatable bonds is 7. The zero-order chi connectivity index (χ0) is 23.0. The molecule has 21 heteroatoms. The van der Waals surface area contributed by atoms with Crippen molar-refractivity contribution >= 4 is 65.3 Å². The van der Waals surface area contributed by atoms with E-state index in [0.717, 1.165) is 0 Å². The van der Waals surface area contributed by atoms with Gasteiger partial charge in [-0.3, -0.25) is 0 Å². The van der Waals surface area contributed by atoms with Crippen molar-refractivity contribution in [3.05, 3.63) is 0 Å². The second kappa shape index (κ2) is 9.52. The van der Waals surface area contributed by atoms with Crippen LogP contribution in [0.5, 0.6) is 0 Å². The number of primary amides is 4. The summed E-state index contributed by atoms with van der Waals surface area (Å²) in [6.07, 6.45) is 0. The molecule has 0 saturated heterocycles. The molecule has 19 nitrogen and oxygen atoms in total. The Kier molecular flexibility index (Phi) is 8.33. The molecule has 0 atom stereocenters. The van der Waals surface area contributed by atoms with Crippen LogP contribution in [-0.4, -0.2) is 47.3 Å². The fourth-order valence-corrected chi connectivity index (χ4v) is 2.79. The van der Waals surface area contributed by atoms with Crippen LogP contribution >= 0.6 is 18.0 Å². The van der Waals surface area contributed by atoms with Crippen LogP contribution in [-0.2, 0) is 52.2 Å². The number of hydroxylamine groups is 3. The zero-order valence-electron chi connectivity index (χ0n) is 13.6. The molecule has 0 aromatic rings. The summed E-state index contributed by atoms with van der Waals surface area (Å²) in [4.78, 5) is 88.6. The number of carbonyl (C=O) groups excluding carboxylic acids is 8. The number of hydrogen-bond acceptors (Lipinski definition) is 11. The fraction of sp³-hybridized carbons (Fsp3) is 0. The van der Waals surface area contributed by atoms with Crippen molar-refractivity contribution in [1.82, 2.24) is 21.5 Å². The van der Waals surface area contributed by atoms with E-state index in [0.29, 0.717) is 0 Å². The number of carbonyl (C=O) groups is 8. The second-order valence-corrected chi connectivity index (χ2v) is 8.35. The van der Waals surface area contributed by atoms with Gasteiger partial charge in [-0.1, -0.05) is 0 Å². The molecule has 0 spiro atoms. The van der Waals surface area contributed by atoms with Gasteiger partial charge in [0.1, 0.15) is 0 Å². The van der Waals surface area contributed by atoms with Crippen molar-refractivity contribution < 1.29 is 52.2 Å². The Hall–Kier alpha value is -3.64. The van der Waals surface area contributed by atoms with Crippen LogP contribution in [0.3, 0.4) is 0 Å². The van der Waals surface area contributed by atoms with E-state index in [9.17, 15) is 38.4 Å². The third-order valence-corrected chi connectivity index (χ3v) is 4.69. The predicted molar refractivity (Wildman–Crippen MR) is 85.4 cm³/mol. The number of amides is 8. The number of halogens is 1. The first-order valence-corrected chi connectivity index (χ1v) is 9.24. The molecular formula is C8H12ClN8O11P. The Balaban J connectivity index is 6.10. The van der Waals surface area contributed by atoms with E-state index in [1.54, 1.807) is 0 Å². The second-order valence-electron chi connectivity index (χ2n) is 4.25. The quantitative estimate of drug-likeness (QED) is 0.0997. The molecule has 0 aliphatic carbocycles. The Labute approximate surface area is 162 Å². The summed E-state index contributed by atoms with van der Waals surface area (Å²) in [5.41, 5.74) is 22.1. The number of nitrogens with two attached hydrogens (primary N) is 4. The normalized spacial score (nSPS) is 11.7. The van der Waals surface area contributed by atoms with Gasteiger partial charge in [-0.25, -0.2) is 0 Å². The van der Waals surface area contributed by atoms with Crippen LogP contribution in [0.2, 0.25) is 0 Å². The van der Waals surface area contributed by atoms with Crippen LogP contribution in [0, 0.1) is 0 Å². The molecule has 0 unspecified atom stereocenters. The molecule has 0 rings (SSSR count). The maximum atomic E-state index is 11.6. The fourth-order valence-electron chi connectivity index (χ4n) is 0.849. The Morgan fingerprint density at radius 2 is 0.793 bits per heavy atom. The van der Waals surface area contributed by atoms with Crippen LogP contribution in [0.25, 0.3) is 0 Å². The van der Waals surface area contributed by atoms with Crippen molar-refractivity contribution in [3.8, 4) is 0 Å². The molecule has 0 heterocycles. The Morgan fingerprint density at radius 3 is 1.00 bits per heavy atom. The van der Waals surface area contributed by atoms with Crippen LogP contribution < -0.4 is 44.5 Å². The van der Waals surface area contributed by atoms with E-state index >= 15 is 0 Å². The summed E-state index contributed by atoms with van der Waals surface area (Å²) in [5, 5.41) is 1.30. The van der Waals surface area contributed by atoms with Gasteiger partial charge in [-0.15, -0.1) is 0 Å². The predicted octanol–water partition coefficient (Wildman–Crippen LogP) is -6.45. The molecule has 0 aliphatic rings. The van der Waals surface area contributed by atoms with Crippen molar-refractivity contribution in [2.75, 3.05) is 0 Å². The third-order valence-electron chi connectivity index (χ3n) is 2.05. The van der Waals surface area contributed by atoms with Crippen molar-refractivity contribution in [2.45, 2.75) is 0 Å². The molecule has 12 N–H and O–H groups in total. The van der Waals surface area contributed by atoms with Gasteiger partial charge in [-0.2, -0.15) is 0 Å². The molecule has 29 heavy (non-hydrogen) atoms. The topological polar surface area (TPSA) is 316 Å². The van der Waals surface area contributed by atoms with E-state index in [-0.39, 0.29) is 0 Å². The van der Waals surface area contributed by atoms with Gasteiger partial charge in [0, 0.05) is 0 Å². The van der Waals surface area contributed by atoms with E-state index in [1.807, 2.05) is 0 Å². The third kappa shape index (κ3) is 7.86.